The number of fused-ring (bicyclic) bond motifs is 1. The van der Waals surface area contributed by atoms with E-state index in [4.69, 9.17) is 18.6 Å². The number of benzene rings is 2. The second kappa shape index (κ2) is 6.40. The van der Waals surface area contributed by atoms with Crippen molar-refractivity contribution in [3.8, 4) is 45.8 Å². The van der Waals surface area contributed by atoms with Crippen molar-refractivity contribution in [3.63, 3.8) is 0 Å². The first-order valence-electron chi connectivity index (χ1n) is 7.44. The predicted molar refractivity (Wildman–Crippen MR) is 92.6 cm³/mol. The molecule has 2 aromatic carbocycles. The first kappa shape index (κ1) is 17.3. The molecule has 8 heteroatoms. The van der Waals surface area contributed by atoms with E-state index in [1.165, 1.54) is 33.5 Å². The van der Waals surface area contributed by atoms with E-state index in [-0.39, 0.29) is 39.7 Å². The SMILES string of the molecule is COc1ccc(-c2oc3c(OC)c(O)cc(O)c3c(=O)c2OC)cc1O. The summed E-state index contributed by atoms with van der Waals surface area (Å²) in [5, 5.41) is 29.8. The zero-order valence-corrected chi connectivity index (χ0v) is 14.2. The molecule has 0 fully saturated rings. The molecule has 3 aromatic rings. The maximum absolute atomic E-state index is 12.8. The van der Waals surface area contributed by atoms with Crippen molar-refractivity contribution >= 4 is 11.0 Å². The molecule has 26 heavy (non-hydrogen) atoms. The average Bonchev–Trinajstić information content (AvgIpc) is 2.61. The number of ether oxygens (including phenoxy) is 3. The van der Waals surface area contributed by atoms with Crippen LogP contribution in [0.4, 0.5) is 0 Å². The van der Waals surface area contributed by atoms with Crippen LogP contribution in [0, 0.1) is 0 Å². The molecule has 0 spiro atoms. The largest absolute Gasteiger partial charge is 0.507 e. The van der Waals surface area contributed by atoms with Crippen LogP contribution in [0.2, 0.25) is 0 Å². The van der Waals surface area contributed by atoms with Gasteiger partial charge in [-0.3, -0.25) is 4.79 Å². The molecular weight excluding hydrogens is 344 g/mol. The highest BCUT2D eigenvalue weighted by Crippen LogP contribution is 2.43. The van der Waals surface area contributed by atoms with E-state index in [1.807, 2.05) is 0 Å². The number of rotatable bonds is 4. The molecule has 1 aromatic heterocycles. The number of methoxy groups -OCH3 is 3. The maximum atomic E-state index is 12.8. The fourth-order valence-corrected chi connectivity index (χ4v) is 2.70. The standard InChI is InChI=1S/C18H16O8/c1-23-12-5-4-8(6-9(12)19)15-18(25-3)14(22)13-10(20)7-11(21)16(24-2)17(13)26-15/h4-7,19-21H,1-3H3. The molecule has 0 bridgehead atoms. The molecule has 0 radical (unpaired) electrons. The molecule has 0 amide bonds. The molecule has 136 valence electrons. The number of phenols is 3. The Labute approximate surface area is 147 Å². The van der Waals surface area contributed by atoms with Crippen LogP contribution in [0.15, 0.2) is 33.5 Å². The molecular formula is C18H16O8. The Morgan fingerprint density at radius 3 is 2.12 bits per heavy atom. The van der Waals surface area contributed by atoms with Gasteiger partial charge < -0.3 is 33.9 Å². The van der Waals surface area contributed by atoms with Crippen molar-refractivity contribution in [2.24, 2.45) is 0 Å². The van der Waals surface area contributed by atoms with Crippen LogP contribution in [0.1, 0.15) is 0 Å². The lowest BCUT2D eigenvalue weighted by atomic mass is 10.1. The lowest BCUT2D eigenvalue weighted by molar-refractivity contribution is 0.363. The van der Waals surface area contributed by atoms with Crippen molar-refractivity contribution in [1.82, 2.24) is 0 Å². The second-order valence-electron chi connectivity index (χ2n) is 5.33. The molecule has 0 aliphatic carbocycles. The third-order valence-electron chi connectivity index (χ3n) is 3.89. The van der Waals surface area contributed by atoms with Crippen LogP contribution in [-0.4, -0.2) is 36.6 Å². The summed E-state index contributed by atoms with van der Waals surface area (Å²) in [5.41, 5.74) is -0.486. The quantitative estimate of drug-likeness (QED) is 0.650. The van der Waals surface area contributed by atoms with Crippen molar-refractivity contribution in [2.45, 2.75) is 0 Å². The van der Waals surface area contributed by atoms with E-state index in [0.29, 0.717) is 5.56 Å². The van der Waals surface area contributed by atoms with Gasteiger partial charge in [-0.05, 0) is 18.2 Å². The van der Waals surface area contributed by atoms with E-state index in [0.717, 1.165) is 6.07 Å². The van der Waals surface area contributed by atoms with Crippen molar-refractivity contribution in [2.75, 3.05) is 21.3 Å². The third-order valence-corrected chi connectivity index (χ3v) is 3.89. The van der Waals surface area contributed by atoms with Gasteiger partial charge in [0.25, 0.3) is 0 Å². The highest BCUT2D eigenvalue weighted by atomic mass is 16.5. The van der Waals surface area contributed by atoms with Gasteiger partial charge in [0.05, 0.1) is 21.3 Å². The highest BCUT2D eigenvalue weighted by molar-refractivity contribution is 5.93. The van der Waals surface area contributed by atoms with Crippen LogP contribution >= 0.6 is 0 Å². The molecule has 0 saturated heterocycles. The van der Waals surface area contributed by atoms with E-state index >= 15 is 0 Å². The monoisotopic (exact) mass is 360 g/mol. The van der Waals surface area contributed by atoms with Crippen LogP contribution in [0.5, 0.6) is 34.5 Å². The van der Waals surface area contributed by atoms with Crippen molar-refractivity contribution in [3.05, 3.63) is 34.5 Å². The van der Waals surface area contributed by atoms with Gasteiger partial charge in [0.1, 0.15) is 11.1 Å². The Morgan fingerprint density at radius 1 is 0.846 bits per heavy atom. The normalized spacial score (nSPS) is 10.7. The average molecular weight is 360 g/mol. The summed E-state index contributed by atoms with van der Waals surface area (Å²) in [4.78, 5) is 12.8. The van der Waals surface area contributed by atoms with Gasteiger partial charge in [-0.2, -0.15) is 0 Å². The Balaban J connectivity index is 2.43. The highest BCUT2D eigenvalue weighted by Gasteiger charge is 2.24. The summed E-state index contributed by atoms with van der Waals surface area (Å²) < 4.78 is 21.0. The summed E-state index contributed by atoms with van der Waals surface area (Å²) in [5.74, 6) is -1.10. The fourth-order valence-electron chi connectivity index (χ4n) is 2.70. The van der Waals surface area contributed by atoms with Gasteiger partial charge in [0, 0.05) is 11.6 Å². The van der Waals surface area contributed by atoms with Crippen LogP contribution in [0.3, 0.4) is 0 Å². The van der Waals surface area contributed by atoms with Gasteiger partial charge >= 0.3 is 0 Å². The summed E-state index contributed by atoms with van der Waals surface area (Å²) in [6.07, 6.45) is 0. The molecule has 3 rings (SSSR count). The zero-order valence-electron chi connectivity index (χ0n) is 14.2. The molecule has 0 unspecified atom stereocenters. The Bertz CT molecular complexity index is 1050. The minimum atomic E-state index is -0.658. The van der Waals surface area contributed by atoms with Gasteiger partial charge in [-0.1, -0.05) is 0 Å². The van der Waals surface area contributed by atoms with Gasteiger partial charge in [0.2, 0.25) is 16.9 Å². The molecule has 1 heterocycles. The summed E-state index contributed by atoms with van der Waals surface area (Å²) in [6.45, 7) is 0. The van der Waals surface area contributed by atoms with E-state index in [1.54, 1.807) is 6.07 Å². The molecule has 8 nitrogen and oxygen atoms in total. The van der Waals surface area contributed by atoms with Gasteiger partial charge in [0.15, 0.2) is 28.6 Å². The van der Waals surface area contributed by atoms with Crippen molar-refractivity contribution < 1.29 is 33.9 Å². The second-order valence-corrected chi connectivity index (χ2v) is 5.33. The molecule has 0 saturated carbocycles. The fraction of sp³-hybridized carbons (Fsp3) is 0.167. The lowest BCUT2D eigenvalue weighted by Gasteiger charge is -2.13. The minimum absolute atomic E-state index is 0.00810. The van der Waals surface area contributed by atoms with Crippen LogP contribution < -0.4 is 19.6 Å². The van der Waals surface area contributed by atoms with Crippen LogP contribution in [-0.2, 0) is 0 Å². The first-order chi connectivity index (χ1) is 12.4. The van der Waals surface area contributed by atoms with E-state index < -0.39 is 16.9 Å². The van der Waals surface area contributed by atoms with Gasteiger partial charge in [-0.15, -0.1) is 0 Å². The van der Waals surface area contributed by atoms with Gasteiger partial charge in [-0.25, -0.2) is 0 Å². The maximum Gasteiger partial charge on any atom is 0.239 e. The third kappa shape index (κ3) is 2.52. The smallest absolute Gasteiger partial charge is 0.239 e. The Morgan fingerprint density at radius 2 is 1.54 bits per heavy atom. The summed E-state index contributed by atoms with van der Waals surface area (Å²) in [7, 11) is 3.97. The Hall–Kier alpha value is -3.55. The predicted octanol–water partition coefficient (Wildman–Crippen LogP) is 2.60. The lowest BCUT2D eigenvalue weighted by Crippen LogP contribution is -2.08. The van der Waals surface area contributed by atoms with E-state index in [2.05, 4.69) is 0 Å². The Kier molecular flexibility index (Phi) is 4.25. The number of aromatic hydroxyl groups is 3. The molecule has 0 aliphatic heterocycles. The number of hydrogen-bond donors (Lipinski definition) is 3. The minimum Gasteiger partial charge on any atom is -0.507 e. The molecule has 0 aliphatic rings. The topological polar surface area (TPSA) is 119 Å². The summed E-state index contributed by atoms with van der Waals surface area (Å²) >= 11 is 0. The number of hydrogen-bond acceptors (Lipinski definition) is 8. The van der Waals surface area contributed by atoms with Crippen LogP contribution in [0.25, 0.3) is 22.3 Å². The zero-order chi connectivity index (χ0) is 19.0. The van der Waals surface area contributed by atoms with E-state index in [9.17, 15) is 20.1 Å². The molecule has 0 atom stereocenters. The summed E-state index contributed by atoms with van der Waals surface area (Å²) in [6, 6.07) is 5.36. The molecule has 3 N–H and O–H groups in total. The first-order valence-corrected chi connectivity index (χ1v) is 7.44. The van der Waals surface area contributed by atoms with Crippen molar-refractivity contribution in [1.29, 1.82) is 0 Å². The number of phenolic OH excluding ortho intramolecular Hbond substituents is 3.